The summed E-state index contributed by atoms with van der Waals surface area (Å²) in [6, 6.07) is 0. The van der Waals surface area contributed by atoms with Crippen LogP contribution in [0.2, 0.25) is 5.28 Å². The van der Waals surface area contributed by atoms with Crippen LogP contribution in [0.15, 0.2) is 0 Å². The molecule has 0 radical (unpaired) electrons. The molecule has 1 heterocycles. The molecule has 0 amide bonds. The largest absolute Gasteiger partial charge is 0.503 e. The van der Waals surface area contributed by atoms with Gasteiger partial charge in [0.05, 0.1) is 0 Å². The van der Waals surface area contributed by atoms with E-state index in [-0.39, 0.29) is 41.8 Å². The van der Waals surface area contributed by atoms with E-state index in [2.05, 4.69) is 0 Å². The molecule has 0 N–H and O–H groups in total. The molecule has 0 spiro atoms. The van der Waals surface area contributed by atoms with Crippen LogP contribution in [-0.4, -0.2) is 22.2 Å². The van der Waals surface area contributed by atoms with Crippen molar-refractivity contribution >= 4 is 15.6 Å². The monoisotopic (exact) mass is 190 g/mol. The van der Waals surface area contributed by atoms with Gasteiger partial charge in [0.1, 0.15) is 0 Å². The van der Waals surface area contributed by atoms with Crippen molar-refractivity contribution in [3.05, 3.63) is 0 Å². The standard InChI is InChI=1S/C4H8O.Al.Zr.H/c1-2-3-4-5;;;/h1-4H2;;;/q-1;+1;;. The second-order valence-corrected chi connectivity index (χ2v) is 3.20. The average molecular weight is 191 g/mol. The zero-order chi connectivity index (χ0) is 4.24. The third-order valence-corrected chi connectivity index (χ3v) is 2.44. The average Bonchev–Trinajstić information content (AvgIpc) is 1.72. The summed E-state index contributed by atoms with van der Waals surface area (Å²) < 4.78 is 5.21. The van der Waals surface area contributed by atoms with Gasteiger partial charge in [0.2, 0.25) is 0 Å². The molecule has 0 aromatic rings. The molecule has 7 heavy (non-hydrogen) atoms. The van der Waals surface area contributed by atoms with Crippen LogP contribution in [0.4, 0.5) is 0 Å². The number of hydrogen-bond acceptors (Lipinski definition) is 1. The van der Waals surface area contributed by atoms with Crippen LogP contribution in [0.1, 0.15) is 12.8 Å². The Hall–Kier alpha value is 1.38. The summed E-state index contributed by atoms with van der Waals surface area (Å²) in [5.74, 6) is 0. The van der Waals surface area contributed by atoms with Crippen molar-refractivity contribution in [2.45, 2.75) is 18.1 Å². The molecule has 0 atom stereocenters. The molecular weight excluding hydrogens is 182 g/mol. The van der Waals surface area contributed by atoms with Crippen LogP contribution in [0, 0.1) is 0 Å². The van der Waals surface area contributed by atoms with Crippen molar-refractivity contribution < 1.29 is 30.0 Å². The van der Waals surface area contributed by atoms with Crippen LogP contribution in [0.3, 0.4) is 0 Å². The Morgan fingerprint density at radius 3 is 2.29 bits per heavy atom. The van der Waals surface area contributed by atoms with Crippen molar-refractivity contribution in [3.63, 3.8) is 0 Å². The van der Waals surface area contributed by atoms with Crippen molar-refractivity contribution in [1.82, 2.24) is 0 Å². The van der Waals surface area contributed by atoms with E-state index >= 15 is 0 Å². The van der Waals surface area contributed by atoms with E-state index in [4.69, 9.17) is 3.79 Å². The maximum Gasteiger partial charge on any atom is 0.435 e. The van der Waals surface area contributed by atoms with Gasteiger partial charge in [-0.2, -0.15) is 0 Å². The molecule has 0 saturated carbocycles. The van der Waals surface area contributed by atoms with Crippen LogP contribution in [0.25, 0.3) is 0 Å². The Kier molecular flexibility index (Phi) is 6.59. The zero-order valence-corrected chi connectivity index (χ0v) is 8.32. The van der Waals surface area contributed by atoms with E-state index in [0.29, 0.717) is 0 Å². The van der Waals surface area contributed by atoms with E-state index in [0.717, 1.165) is 6.61 Å². The van der Waals surface area contributed by atoms with E-state index in [9.17, 15) is 0 Å². The molecule has 1 aliphatic heterocycles. The summed E-state index contributed by atoms with van der Waals surface area (Å²) in [5.41, 5.74) is 0. The van der Waals surface area contributed by atoms with Crippen LogP contribution >= 0.6 is 0 Å². The number of hydrogen-bond donors (Lipinski definition) is 0. The maximum atomic E-state index is 5.21. The molecule has 0 bridgehead atoms. The van der Waals surface area contributed by atoms with Gasteiger partial charge in [-0.15, -0.1) is 0 Å². The molecule has 0 aromatic carbocycles. The summed E-state index contributed by atoms with van der Waals surface area (Å²) >= 11 is 0.00849. The topological polar surface area (TPSA) is 9.23 Å². The Labute approximate surface area is 70.0 Å². The van der Waals surface area contributed by atoms with Crippen LogP contribution in [0.5, 0.6) is 0 Å². The predicted molar refractivity (Wildman–Crippen MR) is 27.1 cm³/mol. The Morgan fingerprint density at radius 2 is 2.14 bits per heavy atom. The van der Waals surface area contributed by atoms with Gasteiger partial charge in [-0.25, -0.2) is 0 Å². The van der Waals surface area contributed by atoms with Crippen molar-refractivity contribution in [3.8, 4) is 0 Å². The van der Waals surface area contributed by atoms with Crippen molar-refractivity contribution in [1.29, 1.82) is 0 Å². The van der Waals surface area contributed by atoms with Crippen LogP contribution in [-0.2, 0) is 30.0 Å². The fourth-order valence-corrected chi connectivity index (χ4v) is 1.86. The minimum atomic E-state index is 0. The van der Waals surface area contributed by atoms with E-state index < -0.39 is 0 Å². The molecule has 3 heteroatoms. The Bertz CT molecular complexity index is 27.2. The summed E-state index contributed by atoms with van der Waals surface area (Å²) in [7, 11) is 0. The van der Waals surface area contributed by atoms with E-state index in [1.165, 1.54) is 18.1 Å². The normalized spacial score (nSPS) is 19.4. The molecule has 1 saturated heterocycles. The smallest absolute Gasteiger partial charge is 0.435 e. The van der Waals surface area contributed by atoms with E-state index in [1.807, 2.05) is 0 Å². The Balaban J connectivity index is 0.000000360. The van der Waals surface area contributed by atoms with Crippen molar-refractivity contribution in [2.75, 3.05) is 6.61 Å². The van der Waals surface area contributed by atoms with Gasteiger partial charge < -0.3 is 3.79 Å². The molecule has 1 rings (SSSR count). The Morgan fingerprint density at radius 1 is 1.29 bits per heavy atom. The molecule has 1 aliphatic rings. The second-order valence-electron chi connectivity index (χ2n) is 1.67. The van der Waals surface area contributed by atoms with Gasteiger partial charge in [-0.3, -0.25) is 0 Å². The minimum absolute atomic E-state index is 0. The van der Waals surface area contributed by atoms with Gasteiger partial charge in [-0.05, 0) is 6.42 Å². The van der Waals surface area contributed by atoms with E-state index in [1.54, 1.807) is 0 Å². The molecule has 1 fully saturated rings. The maximum absolute atomic E-state index is 5.21. The zero-order valence-electron chi connectivity index (χ0n) is 4.44. The summed E-state index contributed by atoms with van der Waals surface area (Å²) in [6.07, 6.45) is 2.75. The molecule has 0 unspecified atom stereocenters. The fourth-order valence-electron chi connectivity index (χ4n) is 0.687. The molecule has 0 aliphatic carbocycles. The first kappa shape index (κ1) is 8.38. The summed E-state index contributed by atoms with van der Waals surface area (Å²) in [5, 5.41) is 1.42. The SMILES string of the molecule is C1C[CH2][AlH][O]C1.[Zr]. The second kappa shape index (κ2) is 5.51. The van der Waals surface area contributed by atoms with Gasteiger partial charge in [-0.1, -0.05) is 11.7 Å². The first-order valence-electron chi connectivity index (χ1n) is 2.58. The number of rotatable bonds is 0. The quantitative estimate of drug-likeness (QED) is 0.509. The predicted octanol–water partition coefficient (Wildman–Crippen LogP) is 0.564. The molecule has 0 aromatic heterocycles. The fraction of sp³-hybridized carbons (Fsp3) is 1.00. The van der Waals surface area contributed by atoms with Gasteiger partial charge >= 0.3 is 15.6 Å². The first-order chi connectivity index (χ1) is 3.00. The summed E-state index contributed by atoms with van der Waals surface area (Å²) in [6.45, 7) is 1.06. The van der Waals surface area contributed by atoms with Crippen LogP contribution < -0.4 is 0 Å². The minimum Gasteiger partial charge on any atom is -0.503 e. The molecular formula is C4H9AlOZr. The van der Waals surface area contributed by atoms with Gasteiger partial charge in [0, 0.05) is 32.8 Å². The first-order valence-corrected chi connectivity index (χ1v) is 4.15. The third kappa shape index (κ3) is 3.92. The third-order valence-electron chi connectivity index (χ3n) is 1.08. The summed E-state index contributed by atoms with van der Waals surface area (Å²) in [4.78, 5) is 0. The van der Waals surface area contributed by atoms with Gasteiger partial charge in [0.25, 0.3) is 0 Å². The molecule has 1 nitrogen and oxygen atoms in total. The molecule has 38 valence electrons. The van der Waals surface area contributed by atoms with Gasteiger partial charge in [0.15, 0.2) is 0 Å². The van der Waals surface area contributed by atoms with Crippen molar-refractivity contribution in [2.24, 2.45) is 0 Å².